The number of aliphatic carboxylic acids is 1. The van der Waals surface area contributed by atoms with Crippen molar-refractivity contribution in [2.45, 2.75) is 0 Å². The summed E-state index contributed by atoms with van der Waals surface area (Å²) in [5.74, 6) is -1.03. The highest BCUT2D eigenvalue weighted by Crippen LogP contribution is 2.27. The van der Waals surface area contributed by atoms with E-state index in [1.54, 1.807) is 6.07 Å². The van der Waals surface area contributed by atoms with Crippen LogP contribution in [0.3, 0.4) is 0 Å². The zero-order chi connectivity index (χ0) is 17.2. The number of rotatable bonds is 7. The number of hydrogen-bond acceptors (Lipinski definition) is 3. The maximum absolute atomic E-state index is 10.0. The molecule has 0 aliphatic heterocycles. The van der Waals surface area contributed by atoms with E-state index in [4.69, 9.17) is 27.9 Å². The molecule has 122 valence electrons. The second-order valence-corrected chi connectivity index (χ2v) is 5.96. The van der Waals surface area contributed by atoms with Crippen LogP contribution in [-0.4, -0.2) is 44.2 Å². The minimum absolute atomic E-state index is 0.272. The maximum atomic E-state index is 10.0. The van der Waals surface area contributed by atoms with E-state index in [2.05, 4.69) is 27.3 Å². The SMILES string of the molecule is C=CC[N+](C)(C)CC=C.O=C([O-])COc1ccc(Cl)cc1Cl. The van der Waals surface area contributed by atoms with E-state index in [0.29, 0.717) is 5.02 Å². The second-order valence-electron chi connectivity index (χ2n) is 5.11. The molecule has 0 fully saturated rings. The third-order valence-corrected chi connectivity index (χ3v) is 3.02. The Labute approximate surface area is 141 Å². The van der Waals surface area contributed by atoms with E-state index in [-0.39, 0.29) is 10.8 Å². The molecule has 0 aliphatic carbocycles. The molecule has 0 unspecified atom stereocenters. The normalized spacial score (nSPS) is 10.2. The average Bonchev–Trinajstić information content (AvgIpc) is 2.38. The molecule has 0 saturated carbocycles. The van der Waals surface area contributed by atoms with Gasteiger partial charge in [-0.1, -0.05) is 36.4 Å². The quantitative estimate of drug-likeness (QED) is 0.563. The Balaban J connectivity index is 0.000000433. The van der Waals surface area contributed by atoms with Gasteiger partial charge in [0, 0.05) is 5.02 Å². The van der Waals surface area contributed by atoms with Crippen LogP contribution in [-0.2, 0) is 4.79 Å². The average molecular weight is 346 g/mol. The summed E-state index contributed by atoms with van der Waals surface area (Å²) < 4.78 is 5.75. The minimum Gasteiger partial charge on any atom is -0.546 e. The van der Waals surface area contributed by atoms with Gasteiger partial charge in [-0.2, -0.15) is 0 Å². The van der Waals surface area contributed by atoms with Crippen LogP contribution in [0, 0.1) is 0 Å². The maximum Gasteiger partial charge on any atom is 0.138 e. The van der Waals surface area contributed by atoms with E-state index in [1.165, 1.54) is 12.1 Å². The summed E-state index contributed by atoms with van der Waals surface area (Å²) in [5, 5.41) is 10.8. The lowest BCUT2D eigenvalue weighted by molar-refractivity contribution is -0.878. The molecule has 0 heterocycles. The summed E-state index contributed by atoms with van der Waals surface area (Å²) >= 11 is 11.3. The molecule has 1 rings (SSSR count). The summed E-state index contributed by atoms with van der Waals surface area (Å²) in [7, 11) is 4.31. The highest BCUT2D eigenvalue weighted by Gasteiger charge is 2.07. The van der Waals surface area contributed by atoms with Crippen LogP contribution in [0.4, 0.5) is 0 Å². The number of ether oxygens (including phenoxy) is 1. The van der Waals surface area contributed by atoms with Crippen molar-refractivity contribution < 1.29 is 19.1 Å². The predicted molar refractivity (Wildman–Crippen MR) is 89.2 cm³/mol. The lowest BCUT2D eigenvalue weighted by Crippen LogP contribution is -2.39. The summed E-state index contributed by atoms with van der Waals surface area (Å²) in [4.78, 5) is 10.0. The van der Waals surface area contributed by atoms with Crippen molar-refractivity contribution in [3.8, 4) is 5.75 Å². The Morgan fingerprint density at radius 2 is 1.82 bits per heavy atom. The van der Waals surface area contributed by atoms with Crippen LogP contribution in [0.2, 0.25) is 10.0 Å². The molecule has 0 N–H and O–H groups in total. The van der Waals surface area contributed by atoms with E-state index < -0.39 is 12.6 Å². The molecule has 22 heavy (non-hydrogen) atoms. The van der Waals surface area contributed by atoms with E-state index in [0.717, 1.165) is 17.6 Å². The smallest absolute Gasteiger partial charge is 0.138 e. The van der Waals surface area contributed by atoms with E-state index in [1.807, 2.05) is 12.2 Å². The highest BCUT2D eigenvalue weighted by atomic mass is 35.5. The van der Waals surface area contributed by atoms with Crippen LogP contribution in [0.5, 0.6) is 5.75 Å². The zero-order valence-electron chi connectivity index (χ0n) is 12.9. The topological polar surface area (TPSA) is 49.4 Å². The fourth-order valence-corrected chi connectivity index (χ4v) is 1.97. The van der Waals surface area contributed by atoms with Gasteiger partial charge in [0.05, 0.1) is 38.2 Å². The minimum atomic E-state index is -1.30. The van der Waals surface area contributed by atoms with Crippen LogP contribution < -0.4 is 9.84 Å². The second kappa shape index (κ2) is 10.3. The number of carboxylic acid groups (broad SMARTS) is 1. The number of halogens is 2. The third kappa shape index (κ3) is 9.45. The first-order valence-corrected chi connectivity index (χ1v) is 7.29. The van der Waals surface area contributed by atoms with Gasteiger partial charge >= 0.3 is 0 Å². The fraction of sp³-hybridized carbons (Fsp3) is 0.312. The summed E-state index contributed by atoms with van der Waals surface area (Å²) in [6.45, 7) is 8.84. The molecular formula is C16H21Cl2NO3. The lowest BCUT2D eigenvalue weighted by atomic mass is 10.3. The predicted octanol–water partition coefficient (Wildman–Crippen LogP) is 2.56. The molecule has 1 aromatic rings. The molecule has 0 atom stereocenters. The van der Waals surface area contributed by atoms with Gasteiger partial charge in [-0.25, -0.2) is 0 Å². The first kappa shape index (κ1) is 20.5. The van der Waals surface area contributed by atoms with Gasteiger partial charge in [-0.15, -0.1) is 0 Å². The van der Waals surface area contributed by atoms with Gasteiger partial charge in [-0.05, 0) is 30.4 Å². The van der Waals surface area contributed by atoms with Gasteiger partial charge in [0.25, 0.3) is 0 Å². The Morgan fingerprint density at radius 1 is 1.27 bits per heavy atom. The molecule has 4 nitrogen and oxygen atoms in total. The number of benzene rings is 1. The molecule has 0 bridgehead atoms. The first-order chi connectivity index (χ1) is 10.2. The van der Waals surface area contributed by atoms with E-state index in [9.17, 15) is 9.90 Å². The highest BCUT2D eigenvalue weighted by molar-refractivity contribution is 6.35. The van der Waals surface area contributed by atoms with Crippen LogP contribution >= 0.6 is 23.2 Å². The zero-order valence-corrected chi connectivity index (χ0v) is 14.4. The molecule has 0 radical (unpaired) electrons. The van der Waals surface area contributed by atoms with Crippen molar-refractivity contribution in [1.29, 1.82) is 0 Å². The Morgan fingerprint density at radius 3 is 2.23 bits per heavy atom. The number of carbonyl (C=O) groups is 1. The number of hydrogen-bond donors (Lipinski definition) is 0. The van der Waals surface area contributed by atoms with Crippen molar-refractivity contribution >= 4 is 29.2 Å². The Kier molecular flexibility index (Phi) is 9.58. The summed E-state index contributed by atoms with van der Waals surface area (Å²) in [6, 6.07) is 4.51. The number of carboxylic acids is 1. The lowest BCUT2D eigenvalue weighted by Gasteiger charge is -2.26. The fourth-order valence-electron chi connectivity index (χ4n) is 1.50. The molecular weight excluding hydrogens is 325 g/mol. The number of carbonyl (C=O) groups excluding carboxylic acids is 1. The third-order valence-electron chi connectivity index (χ3n) is 2.49. The van der Waals surface area contributed by atoms with Gasteiger partial charge < -0.3 is 19.1 Å². The number of quaternary nitrogens is 1. The van der Waals surface area contributed by atoms with Crippen molar-refractivity contribution in [2.75, 3.05) is 33.8 Å². The van der Waals surface area contributed by atoms with Crippen molar-refractivity contribution in [2.24, 2.45) is 0 Å². The van der Waals surface area contributed by atoms with Crippen LogP contribution in [0.15, 0.2) is 43.5 Å². The van der Waals surface area contributed by atoms with Gasteiger partial charge in [0.1, 0.15) is 12.4 Å². The first-order valence-electron chi connectivity index (χ1n) is 6.53. The standard InChI is InChI=1S/C8H6Cl2O3.C8H16N/c9-5-1-2-7(6(10)3-5)13-4-8(11)12;1-5-7-9(3,4)8-6-2/h1-3H,4H2,(H,11,12);5-6H,1-2,7-8H2,3-4H3/q;+1/p-1. The number of nitrogens with zero attached hydrogens (tertiary/aromatic N) is 1. The molecule has 0 amide bonds. The summed E-state index contributed by atoms with van der Waals surface area (Å²) in [5.41, 5.74) is 0. The van der Waals surface area contributed by atoms with Gasteiger partial charge in [-0.3, -0.25) is 0 Å². The van der Waals surface area contributed by atoms with E-state index >= 15 is 0 Å². The van der Waals surface area contributed by atoms with Gasteiger partial charge in [0.15, 0.2) is 0 Å². The van der Waals surface area contributed by atoms with Gasteiger partial charge in [0.2, 0.25) is 0 Å². The Hall–Kier alpha value is -1.49. The molecule has 1 aromatic carbocycles. The van der Waals surface area contributed by atoms with Crippen molar-refractivity contribution in [3.05, 3.63) is 53.6 Å². The summed E-state index contributed by atoms with van der Waals surface area (Å²) in [6.07, 6.45) is 3.87. The van der Waals surface area contributed by atoms with Crippen molar-refractivity contribution in [3.63, 3.8) is 0 Å². The van der Waals surface area contributed by atoms with Crippen molar-refractivity contribution in [1.82, 2.24) is 0 Å². The largest absolute Gasteiger partial charge is 0.546 e. The molecule has 0 spiro atoms. The molecule has 0 saturated heterocycles. The Bertz CT molecular complexity index is 504. The number of likely N-dealkylation sites (N-methyl/N-ethyl adjacent to an activating group) is 1. The molecule has 6 heteroatoms. The van der Waals surface area contributed by atoms with Crippen LogP contribution in [0.25, 0.3) is 0 Å². The monoisotopic (exact) mass is 345 g/mol. The van der Waals surface area contributed by atoms with Crippen LogP contribution in [0.1, 0.15) is 0 Å². The molecule has 0 aromatic heterocycles. The molecule has 0 aliphatic rings.